The average Bonchev–Trinajstić information content (AvgIpc) is 2.53. The highest BCUT2D eigenvalue weighted by atomic mass is 19.1. The Bertz CT molecular complexity index is 729. The van der Waals surface area contributed by atoms with Gasteiger partial charge in [-0.25, -0.2) is 4.39 Å². The van der Waals surface area contributed by atoms with Gasteiger partial charge in [0.1, 0.15) is 19.0 Å². The Morgan fingerprint density at radius 3 is 2.48 bits per heavy atom. The first-order chi connectivity index (χ1) is 10.3. The topological polar surface area (TPSA) is 42.2 Å². The van der Waals surface area contributed by atoms with E-state index in [1.54, 1.807) is 18.2 Å². The maximum atomic E-state index is 12.9. The Hall–Kier alpha value is -2.80. The number of fused-ring (bicyclic) bond motifs is 1. The third kappa shape index (κ3) is 2.87. The molecule has 0 aliphatic carbocycles. The second kappa shape index (κ2) is 5.68. The first-order valence-corrected chi connectivity index (χ1v) is 6.53. The van der Waals surface area contributed by atoms with Crippen molar-refractivity contribution < 1.29 is 13.9 Å². The normalized spacial score (nSPS) is 13.6. The second-order valence-electron chi connectivity index (χ2n) is 4.58. The highest BCUT2D eigenvalue weighted by Crippen LogP contribution is 2.32. The molecule has 0 saturated heterocycles. The fourth-order valence-corrected chi connectivity index (χ4v) is 2.13. The van der Waals surface area contributed by atoms with Gasteiger partial charge in [0.05, 0.1) is 11.6 Å². The Morgan fingerprint density at radius 1 is 1.05 bits per heavy atom. The standard InChI is InChI=1S/C17H12FNO2/c18-15-4-2-13(3-5-15)14(11-19)9-12-1-6-16-17(10-12)21-8-7-20-16/h1-6,9-10H,7-8H2/b14-9+. The molecule has 0 bridgehead atoms. The lowest BCUT2D eigenvalue weighted by atomic mass is 10.0. The quantitative estimate of drug-likeness (QED) is 0.623. The molecule has 4 heteroatoms. The largest absolute Gasteiger partial charge is 0.486 e. The average molecular weight is 281 g/mol. The molecule has 1 aliphatic rings. The van der Waals surface area contributed by atoms with E-state index in [2.05, 4.69) is 6.07 Å². The van der Waals surface area contributed by atoms with Crippen molar-refractivity contribution in [1.82, 2.24) is 0 Å². The third-order valence-electron chi connectivity index (χ3n) is 3.15. The van der Waals surface area contributed by atoms with E-state index in [1.807, 2.05) is 18.2 Å². The molecule has 0 fully saturated rings. The van der Waals surface area contributed by atoms with Gasteiger partial charge in [-0.15, -0.1) is 0 Å². The molecule has 3 rings (SSSR count). The molecule has 0 radical (unpaired) electrons. The van der Waals surface area contributed by atoms with Gasteiger partial charge in [0.25, 0.3) is 0 Å². The summed E-state index contributed by atoms with van der Waals surface area (Å²) in [5, 5.41) is 9.28. The summed E-state index contributed by atoms with van der Waals surface area (Å²) in [6.07, 6.45) is 1.74. The van der Waals surface area contributed by atoms with Crippen molar-refractivity contribution in [3.63, 3.8) is 0 Å². The van der Waals surface area contributed by atoms with Gasteiger partial charge in [0.15, 0.2) is 11.5 Å². The summed E-state index contributed by atoms with van der Waals surface area (Å²) >= 11 is 0. The molecule has 1 heterocycles. The van der Waals surface area contributed by atoms with Crippen LogP contribution in [0, 0.1) is 17.1 Å². The van der Waals surface area contributed by atoms with E-state index in [9.17, 15) is 9.65 Å². The molecule has 1 aliphatic heterocycles. The molecule has 0 atom stereocenters. The molecule has 3 nitrogen and oxygen atoms in total. The summed E-state index contributed by atoms with van der Waals surface area (Å²) in [5.41, 5.74) is 1.97. The Kier molecular flexibility index (Phi) is 3.57. The molecule has 0 aromatic heterocycles. The Balaban J connectivity index is 1.95. The summed E-state index contributed by atoms with van der Waals surface area (Å²) in [7, 11) is 0. The van der Waals surface area contributed by atoms with Crippen molar-refractivity contribution in [3.05, 3.63) is 59.4 Å². The molecule has 2 aromatic carbocycles. The van der Waals surface area contributed by atoms with Gasteiger partial charge in [-0.3, -0.25) is 0 Å². The summed E-state index contributed by atoms with van der Waals surface area (Å²) in [4.78, 5) is 0. The zero-order valence-electron chi connectivity index (χ0n) is 11.2. The molecular formula is C17H12FNO2. The van der Waals surface area contributed by atoms with Crippen molar-refractivity contribution in [2.45, 2.75) is 0 Å². The molecule has 0 saturated carbocycles. The summed E-state index contributed by atoms with van der Waals surface area (Å²) in [5.74, 6) is 1.06. The van der Waals surface area contributed by atoms with Crippen molar-refractivity contribution in [3.8, 4) is 17.6 Å². The molecular weight excluding hydrogens is 269 g/mol. The summed E-state index contributed by atoms with van der Waals surface area (Å²) in [6.45, 7) is 1.06. The predicted octanol–water partition coefficient (Wildman–Crippen LogP) is 3.66. The minimum absolute atomic E-state index is 0.324. The van der Waals surface area contributed by atoms with E-state index in [4.69, 9.17) is 9.47 Å². The minimum atomic E-state index is -0.324. The van der Waals surface area contributed by atoms with Crippen molar-refractivity contribution in [2.24, 2.45) is 0 Å². The molecule has 2 aromatic rings. The SMILES string of the molecule is N#C/C(=C\c1ccc2c(c1)OCCO2)c1ccc(F)cc1. The van der Waals surface area contributed by atoms with Crippen molar-refractivity contribution in [2.75, 3.05) is 13.2 Å². The van der Waals surface area contributed by atoms with Gasteiger partial charge < -0.3 is 9.47 Å². The van der Waals surface area contributed by atoms with Gasteiger partial charge >= 0.3 is 0 Å². The van der Waals surface area contributed by atoms with E-state index < -0.39 is 0 Å². The highest BCUT2D eigenvalue weighted by Gasteiger charge is 2.11. The number of benzene rings is 2. The van der Waals surface area contributed by atoms with Crippen molar-refractivity contribution >= 4 is 11.6 Å². The molecule has 104 valence electrons. The number of hydrogen-bond acceptors (Lipinski definition) is 3. The van der Waals surface area contributed by atoms with E-state index in [0.717, 1.165) is 5.56 Å². The van der Waals surface area contributed by atoms with E-state index in [1.165, 1.54) is 12.1 Å². The van der Waals surface area contributed by atoms with Crippen LogP contribution in [-0.4, -0.2) is 13.2 Å². The van der Waals surface area contributed by atoms with Crippen LogP contribution in [0.5, 0.6) is 11.5 Å². The van der Waals surface area contributed by atoms with Crippen LogP contribution in [-0.2, 0) is 0 Å². The lowest BCUT2D eigenvalue weighted by molar-refractivity contribution is 0.171. The number of ether oxygens (including phenoxy) is 2. The van der Waals surface area contributed by atoms with Crippen LogP contribution in [0.25, 0.3) is 11.6 Å². The lowest BCUT2D eigenvalue weighted by Gasteiger charge is -2.18. The van der Waals surface area contributed by atoms with Crippen LogP contribution >= 0.6 is 0 Å². The molecule has 0 spiro atoms. The monoisotopic (exact) mass is 281 g/mol. The van der Waals surface area contributed by atoms with E-state index >= 15 is 0 Å². The summed E-state index contributed by atoms with van der Waals surface area (Å²) < 4.78 is 23.9. The van der Waals surface area contributed by atoms with Crippen LogP contribution in [0.1, 0.15) is 11.1 Å². The van der Waals surface area contributed by atoms with Crippen LogP contribution < -0.4 is 9.47 Å². The van der Waals surface area contributed by atoms with Crippen LogP contribution in [0.3, 0.4) is 0 Å². The second-order valence-corrected chi connectivity index (χ2v) is 4.58. The summed E-state index contributed by atoms with van der Waals surface area (Å²) in [6, 6.07) is 13.5. The number of rotatable bonds is 2. The molecule has 21 heavy (non-hydrogen) atoms. The number of nitriles is 1. The van der Waals surface area contributed by atoms with Gasteiger partial charge in [0, 0.05) is 0 Å². The van der Waals surface area contributed by atoms with Gasteiger partial charge in [-0.05, 0) is 41.5 Å². The zero-order valence-corrected chi connectivity index (χ0v) is 11.2. The minimum Gasteiger partial charge on any atom is -0.486 e. The highest BCUT2D eigenvalue weighted by molar-refractivity contribution is 5.89. The lowest BCUT2D eigenvalue weighted by Crippen LogP contribution is -2.15. The number of nitrogens with zero attached hydrogens (tertiary/aromatic N) is 1. The first-order valence-electron chi connectivity index (χ1n) is 6.53. The third-order valence-corrected chi connectivity index (χ3v) is 3.15. The van der Waals surface area contributed by atoms with Gasteiger partial charge in [-0.1, -0.05) is 18.2 Å². The Morgan fingerprint density at radius 2 is 1.76 bits per heavy atom. The smallest absolute Gasteiger partial charge is 0.161 e. The fourth-order valence-electron chi connectivity index (χ4n) is 2.13. The molecule has 0 amide bonds. The van der Waals surface area contributed by atoms with E-state index in [-0.39, 0.29) is 5.82 Å². The van der Waals surface area contributed by atoms with Gasteiger partial charge in [-0.2, -0.15) is 5.26 Å². The zero-order chi connectivity index (χ0) is 14.7. The number of allylic oxidation sites excluding steroid dienone is 1. The molecule has 0 unspecified atom stereocenters. The number of halogens is 1. The maximum Gasteiger partial charge on any atom is 0.161 e. The maximum absolute atomic E-state index is 12.9. The Labute approximate surface area is 121 Å². The van der Waals surface area contributed by atoms with Crippen molar-refractivity contribution in [1.29, 1.82) is 5.26 Å². The predicted molar refractivity (Wildman–Crippen MR) is 77.3 cm³/mol. The van der Waals surface area contributed by atoms with Crippen LogP contribution in [0.4, 0.5) is 4.39 Å². The fraction of sp³-hybridized carbons (Fsp3) is 0.118. The van der Waals surface area contributed by atoms with Gasteiger partial charge in [0.2, 0.25) is 0 Å². The molecule has 0 N–H and O–H groups in total. The van der Waals surface area contributed by atoms with Crippen LogP contribution in [0.15, 0.2) is 42.5 Å². The van der Waals surface area contributed by atoms with E-state index in [0.29, 0.717) is 35.8 Å². The van der Waals surface area contributed by atoms with Crippen LogP contribution in [0.2, 0.25) is 0 Å². The number of hydrogen-bond donors (Lipinski definition) is 0. The first kappa shape index (κ1) is 13.2.